The van der Waals surface area contributed by atoms with E-state index in [0.29, 0.717) is 11.8 Å². The minimum Gasteiger partial charge on any atom is -0.313 e. The van der Waals surface area contributed by atoms with Gasteiger partial charge in [-0.2, -0.15) is 5.10 Å². The van der Waals surface area contributed by atoms with Crippen molar-refractivity contribution >= 4 is 22.8 Å². The van der Waals surface area contributed by atoms with Gasteiger partial charge in [-0.1, -0.05) is 20.8 Å². The smallest absolute Gasteiger partial charge is 0.158 e. The summed E-state index contributed by atoms with van der Waals surface area (Å²) >= 11 is 5.88. The fraction of sp³-hybridized carbons (Fsp3) is 0.692. The quantitative estimate of drug-likeness (QED) is 0.782. The summed E-state index contributed by atoms with van der Waals surface area (Å²) < 4.78 is 4.22. The predicted molar refractivity (Wildman–Crippen MR) is 75.1 cm³/mol. The highest BCUT2D eigenvalue weighted by Crippen LogP contribution is 2.21. The van der Waals surface area contributed by atoms with Crippen molar-refractivity contribution in [2.24, 2.45) is 13.0 Å². The molecule has 0 aliphatic heterocycles. The topological polar surface area (TPSA) is 35.6 Å². The van der Waals surface area contributed by atoms with Crippen molar-refractivity contribution in [2.45, 2.75) is 40.2 Å². The van der Waals surface area contributed by atoms with E-state index in [-0.39, 0.29) is 0 Å². The molecule has 2 aromatic rings. The van der Waals surface area contributed by atoms with Crippen molar-refractivity contribution in [1.82, 2.24) is 19.3 Å². The average Bonchev–Trinajstić information content (AvgIpc) is 2.79. The highest BCUT2D eigenvalue weighted by molar-refractivity contribution is 6.17. The maximum absolute atomic E-state index is 5.88. The van der Waals surface area contributed by atoms with Gasteiger partial charge in [0.25, 0.3) is 0 Å². The van der Waals surface area contributed by atoms with E-state index >= 15 is 0 Å². The summed E-state index contributed by atoms with van der Waals surface area (Å²) in [6.45, 7) is 7.51. The Kier molecular flexibility index (Phi) is 3.95. The number of hydrogen-bond donors (Lipinski definition) is 0. The number of hydrogen-bond acceptors (Lipinski definition) is 2. The number of rotatable bonds is 5. The SMILES string of the molecule is CCc1nn(C)c2c1nc(CCCl)n2CC(C)C. The lowest BCUT2D eigenvalue weighted by Crippen LogP contribution is -2.11. The lowest BCUT2D eigenvalue weighted by Gasteiger charge is -2.11. The van der Waals surface area contributed by atoms with Gasteiger partial charge in [-0.05, 0) is 12.3 Å². The summed E-state index contributed by atoms with van der Waals surface area (Å²) in [6, 6.07) is 0. The van der Waals surface area contributed by atoms with E-state index in [9.17, 15) is 0 Å². The van der Waals surface area contributed by atoms with Crippen LogP contribution in [0.1, 0.15) is 32.3 Å². The van der Waals surface area contributed by atoms with Crippen LogP contribution in [-0.4, -0.2) is 25.2 Å². The summed E-state index contributed by atoms with van der Waals surface area (Å²) in [5.74, 6) is 2.27. The molecule has 0 aromatic carbocycles. The van der Waals surface area contributed by atoms with Crippen molar-refractivity contribution in [3.8, 4) is 0 Å². The summed E-state index contributed by atoms with van der Waals surface area (Å²) in [5, 5.41) is 4.54. The molecular formula is C13H21ClN4. The maximum Gasteiger partial charge on any atom is 0.158 e. The second-order valence-electron chi connectivity index (χ2n) is 5.07. The van der Waals surface area contributed by atoms with E-state index in [1.165, 1.54) is 0 Å². The number of nitrogens with zero attached hydrogens (tertiary/aromatic N) is 4. The van der Waals surface area contributed by atoms with Gasteiger partial charge in [-0.25, -0.2) is 4.98 Å². The molecule has 2 heterocycles. The van der Waals surface area contributed by atoms with Gasteiger partial charge in [0, 0.05) is 25.9 Å². The molecule has 0 bridgehead atoms. The zero-order chi connectivity index (χ0) is 13.3. The van der Waals surface area contributed by atoms with Gasteiger partial charge in [0.15, 0.2) is 5.65 Å². The van der Waals surface area contributed by atoms with Crippen molar-refractivity contribution in [3.05, 3.63) is 11.5 Å². The molecule has 4 nitrogen and oxygen atoms in total. The molecule has 0 N–H and O–H groups in total. The second-order valence-corrected chi connectivity index (χ2v) is 5.45. The van der Waals surface area contributed by atoms with Crippen LogP contribution in [-0.2, 0) is 26.4 Å². The zero-order valence-corrected chi connectivity index (χ0v) is 12.3. The van der Waals surface area contributed by atoms with Crippen LogP contribution in [0.2, 0.25) is 0 Å². The molecule has 0 aliphatic rings. The first kappa shape index (κ1) is 13.4. The van der Waals surface area contributed by atoms with Crippen LogP contribution in [0.5, 0.6) is 0 Å². The van der Waals surface area contributed by atoms with E-state index in [4.69, 9.17) is 16.6 Å². The van der Waals surface area contributed by atoms with Gasteiger partial charge in [0.05, 0.1) is 5.69 Å². The molecule has 0 unspecified atom stereocenters. The van der Waals surface area contributed by atoms with Crippen LogP contribution in [0.15, 0.2) is 0 Å². The monoisotopic (exact) mass is 268 g/mol. The lowest BCUT2D eigenvalue weighted by atomic mass is 10.2. The third-order valence-electron chi connectivity index (χ3n) is 3.07. The van der Waals surface area contributed by atoms with Gasteiger partial charge in [-0.15, -0.1) is 11.6 Å². The van der Waals surface area contributed by atoms with E-state index in [1.54, 1.807) is 0 Å². The number of imidazole rings is 1. The molecular weight excluding hydrogens is 248 g/mol. The minimum absolute atomic E-state index is 0.580. The van der Waals surface area contributed by atoms with Crippen molar-refractivity contribution in [2.75, 3.05) is 5.88 Å². The Bertz CT molecular complexity index is 539. The van der Waals surface area contributed by atoms with Gasteiger partial charge in [0.2, 0.25) is 0 Å². The van der Waals surface area contributed by atoms with E-state index in [2.05, 4.69) is 30.4 Å². The third kappa shape index (κ3) is 2.26. The van der Waals surface area contributed by atoms with Crippen LogP contribution in [0, 0.1) is 5.92 Å². The Morgan fingerprint density at radius 3 is 2.61 bits per heavy atom. The number of aromatic nitrogens is 4. The van der Waals surface area contributed by atoms with E-state index in [0.717, 1.165) is 42.1 Å². The van der Waals surface area contributed by atoms with Crippen molar-refractivity contribution < 1.29 is 0 Å². The Morgan fingerprint density at radius 2 is 2.06 bits per heavy atom. The normalized spacial score (nSPS) is 11.9. The van der Waals surface area contributed by atoms with Crippen LogP contribution in [0.3, 0.4) is 0 Å². The molecule has 18 heavy (non-hydrogen) atoms. The van der Waals surface area contributed by atoms with Gasteiger partial charge in [0.1, 0.15) is 11.3 Å². The molecule has 0 fully saturated rings. The Labute approximate surface area is 113 Å². The van der Waals surface area contributed by atoms with E-state index in [1.807, 2.05) is 11.7 Å². The van der Waals surface area contributed by atoms with E-state index < -0.39 is 0 Å². The van der Waals surface area contributed by atoms with Crippen LogP contribution >= 0.6 is 11.6 Å². The highest BCUT2D eigenvalue weighted by atomic mass is 35.5. The molecule has 0 saturated carbocycles. The third-order valence-corrected chi connectivity index (χ3v) is 3.26. The van der Waals surface area contributed by atoms with Crippen molar-refractivity contribution in [3.63, 3.8) is 0 Å². The second kappa shape index (κ2) is 5.31. The van der Waals surface area contributed by atoms with Crippen LogP contribution in [0.4, 0.5) is 0 Å². The molecule has 0 radical (unpaired) electrons. The highest BCUT2D eigenvalue weighted by Gasteiger charge is 2.18. The number of alkyl halides is 1. The average molecular weight is 269 g/mol. The number of aryl methyl sites for hydroxylation is 3. The summed E-state index contributed by atoms with van der Waals surface area (Å²) in [7, 11) is 1.99. The molecule has 0 amide bonds. The molecule has 0 atom stereocenters. The molecule has 100 valence electrons. The first-order valence-electron chi connectivity index (χ1n) is 6.55. The maximum atomic E-state index is 5.88. The van der Waals surface area contributed by atoms with Gasteiger partial charge >= 0.3 is 0 Å². The molecule has 5 heteroatoms. The fourth-order valence-corrected chi connectivity index (χ4v) is 2.53. The predicted octanol–water partition coefficient (Wildman–Crippen LogP) is 2.77. The standard InChI is InChI=1S/C13H21ClN4/c1-5-10-12-13(17(4)16-10)18(8-9(2)3)11(15-12)6-7-14/h9H,5-8H2,1-4H3. The number of halogens is 1. The van der Waals surface area contributed by atoms with Gasteiger partial charge < -0.3 is 4.57 Å². The number of fused-ring (bicyclic) bond motifs is 1. The zero-order valence-electron chi connectivity index (χ0n) is 11.6. The largest absolute Gasteiger partial charge is 0.313 e. The molecule has 2 rings (SSSR count). The Morgan fingerprint density at radius 1 is 1.33 bits per heavy atom. The molecule has 0 saturated heterocycles. The van der Waals surface area contributed by atoms with Crippen LogP contribution in [0.25, 0.3) is 11.2 Å². The molecule has 0 spiro atoms. The summed E-state index contributed by atoms with van der Waals surface area (Å²) in [6.07, 6.45) is 1.72. The lowest BCUT2D eigenvalue weighted by molar-refractivity contribution is 0.510. The Balaban J connectivity index is 2.60. The summed E-state index contributed by atoms with van der Waals surface area (Å²) in [5.41, 5.74) is 3.24. The fourth-order valence-electron chi connectivity index (χ4n) is 2.36. The van der Waals surface area contributed by atoms with Crippen LogP contribution < -0.4 is 0 Å². The van der Waals surface area contributed by atoms with Crippen molar-refractivity contribution in [1.29, 1.82) is 0 Å². The first-order chi connectivity index (χ1) is 8.58. The summed E-state index contributed by atoms with van der Waals surface area (Å²) in [4.78, 5) is 4.74. The van der Waals surface area contributed by atoms with Gasteiger partial charge in [-0.3, -0.25) is 4.68 Å². The first-order valence-corrected chi connectivity index (χ1v) is 7.08. The Hall–Kier alpha value is -1.03. The minimum atomic E-state index is 0.580. The molecule has 2 aromatic heterocycles. The molecule has 0 aliphatic carbocycles.